The SMILES string of the molecule is CC(C)(C)N1CCN(C(=O)c2ccnc(N)c2)CC1. The van der Waals surface area contributed by atoms with E-state index in [9.17, 15) is 4.79 Å². The van der Waals surface area contributed by atoms with Gasteiger partial charge in [-0.3, -0.25) is 9.69 Å². The molecule has 104 valence electrons. The van der Waals surface area contributed by atoms with Gasteiger partial charge in [-0.25, -0.2) is 4.98 Å². The van der Waals surface area contributed by atoms with Gasteiger partial charge < -0.3 is 10.6 Å². The summed E-state index contributed by atoms with van der Waals surface area (Å²) in [6.45, 7) is 9.96. The molecule has 0 saturated carbocycles. The van der Waals surface area contributed by atoms with Crippen molar-refractivity contribution >= 4 is 11.7 Å². The summed E-state index contributed by atoms with van der Waals surface area (Å²) in [4.78, 5) is 20.5. The number of hydrogen-bond donors (Lipinski definition) is 1. The number of hydrogen-bond acceptors (Lipinski definition) is 4. The van der Waals surface area contributed by atoms with Crippen molar-refractivity contribution < 1.29 is 4.79 Å². The standard InChI is InChI=1S/C14H22N4O/c1-14(2,3)18-8-6-17(7-9-18)13(19)11-4-5-16-12(15)10-11/h4-5,10H,6-9H2,1-3H3,(H2,15,16). The fourth-order valence-electron chi connectivity index (χ4n) is 2.34. The zero-order valence-corrected chi connectivity index (χ0v) is 11.9. The highest BCUT2D eigenvalue weighted by molar-refractivity contribution is 5.94. The van der Waals surface area contributed by atoms with Crippen molar-refractivity contribution in [3.63, 3.8) is 0 Å². The maximum atomic E-state index is 12.3. The molecular weight excluding hydrogens is 240 g/mol. The summed E-state index contributed by atoms with van der Waals surface area (Å²) in [5.41, 5.74) is 6.40. The predicted molar refractivity (Wildman–Crippen MR) is 75.9 cm³/mol. The number of aromatic nitrogens is 1. The van der Waals surface area contributed by atoms with Crippen molar-refractivity contribution in [3.8, 4) is 0 Å². The summed E-state index contributed by atoms with van der Waals surface area (Å²) < 4.78 is 0. The van der Waals surface area contributed by atoms with Gasteiger partial charge in [-0.2, -0.15) is 0 Å². The largest absolute Gasteiger partial charge is 0.384 e. The number of anilines is 1. The van der Waals surface area contributed by atoms with Gasteiger partial charge in [0.2, 0.25) is 0 Å². The van der Waals surface area contributed by atoms with Crippen LogP contribution in [-0.2, 0) is 0 Å². The van der Waals surface area contributed by atoms with Crippen LogP contribution in [0.3, 0.4) is 0 Å². The van der Waals surface area contributed by atoms with Gasteiger partial charge in [-0.15, -0.1) is 0 Å². The predicted octanol–water partition coefficient (Wildman–Crippen LogP) is 1.22. The van der Waals surface area contributed by atoms with Crippen LogP contribution in [0, 0.1) is 0 Å². The molecule has 1 aliphatic heterocycles. The first-order valence-electron chi connectivity index (χ1n) is 6.64. The van der Waals surface area contributed by atoms with E-state index in [4.69, 9.17) is 5.73 Å². The first-order valence-corrected chi connectivity index (χ1v) is 6.64. The molecule has 2 heterocycles. The second-order valence-electron chi connectivity index (χ2n) is 5.92. The second kappa shape index (κ2) is 5.17. The molecule has 1 aromatic rings. The molecule has 0 unspecified atom stereocenters. The van der Waals surface area contributed by atoms with Crippen molar-refractivity contribution in [2.75, 3.05) is 31.9 Å². The van der Waals surface area contributed by atoms with E-state index in [1.165, 1.54) is 0 Å². The van der Waals surface area contributed by atoms with Crippen LogP contribution in [0.1, 0.15) is 31.1 Å². The van der Waals surface area contributed by atoms with Gasteiger partial charge in [-0.05, 0) is 32.9 Å². The Hall–Kier alpha value is -1.62. The number of carbonyl (C=O) groups excluding carboxylic acids is 1. The Labute approximate surface area is 114 Å². The maximum absolute atomic E-state index is 12.3. The molecule has 1 fully saturated rings. The van der Waals surface area contributed by atoms with E-state index in [0.717, 1.165) is 26.2 Å². The van der Waals surface area contributed by atoms with Crippen LogP contribution in [0.15, 0.2) is 18.3 Å². The number of amides is 1. The molecule has 0 radical (unpaired) electrons. The molecule has 0 aromatic carbocycles. The van der Waals surface area contributed by atoms with Gasteiger partial charge in [-0.1, -0.05) is 0 Å². The molecule has 0 aliphatic carbocycles. The molecule has 1 saturated heterocycles. The minimum Gasteiger partial charge on any atom is -0.384 e. The summed E-state index contributed by atoms with van der Waals surface area (Å²) in [5.74, 6) is 0.432. The molecule has 5 heteroatoms. The Morgan fingerprint density at radius 3 is 2.42 bits per heavy atom. The third-order valence-corrected chi connectivity index (χ3v) is 3.54. The highest BCUT2D eigenvalue weighted by Crippen LogP contribution is 2.17. The second-order valence-corrected chi connectivity index (χ2v) is 5.92. The molecule has 1 amide bonds. The lowest BCUT2D eigenvalue weighted by molar-refractivity contribution is 0.0451. The van der Waals surface area contributed by atoms with Crippen molar-refractivity contribution in [3.05, 3.63) is 23.9 Å². The van der Waals surface area contributed by atoms with E-state index < -0.39 is 0 Å². The average Bonchev–Trinajstić information content (AvgIpc) is 2.37. The third kappa shape index (κ3) is 3.23. The van der Waals surface area contributed by atoms with Crippen LogP contribution in [-0.4, -0.2) is 52.4 Å². The fraction of sp³-hybridized carbons (Fsp3) is 0.571. The van der Waals surface area contributed by atoms with Crippen LogP contribution in [0.2, 0.25) is 0 Å². The number of nitrogens with zero attached hydrogens (tertiary/aromatic N) is 3. The summed E-state index contributed by atoms with van der Waals surface area (Å²) in [6.07, 6.45) is 1.58. The highest BCUT2D eigenvalue weighted by Gasteiger charge is 2.28. The number of nitrogens with two attached hydrogens (primary N) is 1. The van der Waals surface area contributed by atoms with E-state index in [0.29, 0.717) is 11.4 Å². The van der Waals surface area contributed by atoms with Crippen LogP contribution >= 0.6 is 0 Å². The first kappa shape index (κ1) is 13.8. The van der Waals surface area contributed by atoms with Gasteiger partial charge in [0.1, 0.15) is 5.82 Å². The number of rotatable bonds is 1. The monoisotopic (exact) mass is 262 g/mol. The Morgan fingerprint density at radius 1 is 1.26 bits per heavy atom. The lowest BCUT2D eigenvalue weighted by Crippen LogP contribution is -2.54. The van der Waals surface area contributed by atoms with E-state index in [1.54, 1.807) is 18.3 Å². The van der Waals surface area contributed by atoms with E-state index >= 15 is 0 Å². The Balaban J connectivity index is 2.00. The van der Waals surface area contributed by atoms with Gasteiger partial charge in [0.25, 0.3) is 5.91 Å². The smallest absolute Gasteiger partial charge is 0.254 e. The molecule has 2 N–H and O–H groups in total. The van der Waals surface area contributed by atoms with E-state index in [2.05, 4.69) is 30.7 Å². The van der Waals surface area contributed by atoms with Crippen molar-refractivity contribution in [1.82, 2.24) is 14.8 Å². The van der Waals surface area contributed by atoms with Gasteiger partial charge >= 0.3 is 0 Å². The summed E-state index contributed by atoms with van der Waals surface area (Å²) in [5, 5.41) is 0. The molecule has 19 heavy (non-hydrogen) atoms. The number of piperazine rings is 1. The molecule has 0 atom stereocenters. The Kier molecular flexibility index (Phi) is 3.75. The Morgan fingerprint density at radius 2 is 1.89 bits per heavy atom. The van der Waals surface area contributed by atoms with Gasteiger partial charge in [0.05, 0.1) is 0 Å². The van der Waals surface area contributed by atoms with Gasteiger partial charge in [0.15, 0.2) is 0 Å². The van der Waals surface area contributed by atoms with Crippen LogP contribution < -0.4 is 5.73 Å². The maximum Gasteiger partial charge on any atom is 0.254 e. The van der Waals surface area contributed by atoms with Crippen LogP contribution in [0.4, 0.5) is 5.82 Å². The molecular formula is C14H22N4O. The zero-order valence-electron chi connectivity index (χ0n) is 11.9. The first-order chi connectivity index (χ1) is 8.88. The fourth-order valence-corrected chi connectivity index (χ4v) is 2.34. The van der Waals surface area contributed by atoms with E-state index in [-0.39, 0.29) is 11.4 Å². The van der Waals surface area contributed by atoms with Crippen molar-refractivity contribution in [2.45, 2.75) is 26.3 Å². The highest BCUT2D eigenvalue weighted by atomic mass is 16.2. The summed E-state index contributed by atoms with van der Waals surface area (Å²) in [6, 6.07) is 3.35. The molecule has 5 nitrogen and oxygen atoms in total. The quantitative estimate of drug-likeness (QED) is 0.826. The minimum absolute atomic E-state index is 0.0441. The topological polar surface area (TPSA) is 62.5 Å². The van der Waals surface area contributed by atoms with Crippen molar-refractivity contribution in [1.29, 1.82) is 0 Å². The summed E-state index contributed by atoms with van der Waals surface area (Å²) in [7, 11) is 0. The number of carbonyl (C=O) groups is 1. The van der Waals surface area contributed by atoms with Crippen LogP contribution in [0.25, 0.3) is 0 Å². The molecule has 1 aliphatic rings. The third-order valence-electron chi connectivity index (χ3n) is 3.54. The van der Waals surface area contributed by atoms with E-state index in [1.807, 2.05) is 4.90 Å². The number of nitrogen functional groups attached to an aromatic ring is 1. The average molecular weight is 262 g/mol. The lowest BCUT2D eigenvalue weighted by atomic mass is 10.0. The minimum atomic E-state index is 0.0441. The lowest BCUT2D eigenvalue weighted by Gasteiger charge is -2.42. The van der Waals surface area contributed by atoms with Crippen LogP contribution in [0.5, 0.6) is 0 Å². The molecule has 2 rings (SSSR count). The molecule has 0 bridgehead atoms. The summed E-state index contributed by atoms with van der Waals surface area (Å²) >= 11 is 0. The molecule has 0 spiro atoms. The normalized spacial score (nSPS) is 17.5. The van der Waals surface area contributed by atoms with Gasteiger partial charge in [0, 0.05) is 43.5 Å². The Bertz CT molecular complexity index is 459. The zero-order chi connectivity index (χ0) is 14.0. The molecule has 1 aromatic heterocycles. The van der Waals surface area contributed by atoms with Crippen molar-refractivity contribution in [2.24, 2.45) is 0 Å². The number of pyridine rings is 1.